The number of nitrogens with one attached hydrogen (secondary N) is 1. The number of imidazole rings is 1. The Balaban J connectivity index is 0.00000162. The summed E-state index contributed by atoms with van der Waals surface area (Å²) in [4.78, 5) is 41.2. The summed E-state index contributed by atoms with van der Waals surface area (Å²) >= 11 is 0. The number of rotatable bonds is 4. The first-order valence-electron chi connectivity index (χ1n) is 5.13. The second kappa shape index (κ2) is 6.12. The Kier molecular flexibility index (Phi) is 5.06. The Labute approximate surface area is 125 Å². The van der Waals surface area contributed by atoms with Crippen LogP contribution in [0.15, 0.2) is 12.5 Å². The largest absolute Gasteiger partial charge is 1.00 e. The van der Waals surface area contributed by atoms with Gasteiger partial charge in [0, 0.05) is 25.5 Å². The first-order valence-corrected chi connectivity index (χ1v) is 5.13. The zero-order valence-electron chi connectivity index (χ0n) is 9.88. The summed E-state index contributed by atoms with van der Waals surface area (Å²) in [6.45, 7) is 0. The standard InChI is InChI=1S/C10H11N3O4.Na/c14-8-1-2-9(15)13(8)7(10(16)17)3-6-4-11-5-12-6;/h4-5,7H,1-3H2,(H,11,12)(H,16,17);/q;+1/p-1/t7-;/m0./s1. The number of H-pyrrole nitrogens is 1. The van der Waals surface area contributed by atoms with Crippen molar-refractivity contribution in [3.05, 3.63) is 18.2 Å². The molecule has 2 rings (SSSR count). The van der Waals surface area contributed by atoms with Crippen LogP contribution in [0.4, 0.5) is 0 Å². The van der Waals surface area contributed by atoms with E-state index in [4.69, 9.17) is 0 Å². The predicted octanol–water partition coefficient (Wildman–Crippen LogP) is -4.78. The minimum absolute atomic E-state index is 0. The second-order valence-corrected chi connectivity index (χ2v) is 3.76. The number of carbonyl (C=O) groups is 3. The number of aliphatic carboxylic acids is 1. The summed E-state index contributed by atoms with van der Waals surface area (Å²) in [7, 11) is 0. The fourth-order valence-corrected chi connectivity index (χ4v) is 1.82. The minimum atomic E-state index is -1.45. The van der Waals surface area contributed by atoms with E-state index < -0.39 is 23.8 Å². The molecule has 1 fully saturated rings. The van der Waals surface area contributed by atoms with E-state index in [2.05, 4.69) is 9.97 Å². The van der Waals surface area contributed by atoms with Crippen LogP contribution in [0.2, 0.25) is 0 Å². The summed E-state index contributed by atoms with van der Waals surface area (Å²) in [5.41, 5.74) is 0.465. The zero-order valence-corrected chi connectivity index (χ0v) is 11.9. The average molecular weight is 259 g/mol. The average Bonchev–Trinajstić information content (AvgIpc) is 2.87. The molecule has 1 aromatic rings. The van der Waals surface area contributed by atoms with Crippen molar-refractivity contribution in [2.75, 3.05) is 0 Å². The number of aromatic nitrogens is 2. The van der Waals surface area contributed by atoms with Crippen molar-refractivity contribution < 1.29 is 49.0 Å². The van der Waals surface area contributed by atoms with Crippen molar-refractivity contribution in [2.45, 2.75) is 25.3 Å². The minimum Gasteiger partial charge on any atom is -0.548 e. The van der Waals surface area contributed by atoms with Crippen LogP contribution in [0.3, 0.4) is 0 Å². The molecule has 1 aromatic heterocycles. The third-order valence-corrected chi connectivity index (χ3v) is 2.63. The molecule has 0 saturated carbocycles. The van der Waals surface area contributed by atoms with Crippen LogP contribution in [0.5, 0.6) is 0 Å². The molecule has 18 heavy (non-hydrogen) atoms. The third-order valence-electron chi connectivity index (χ3n) is 2.63. The molecule has 2 heterocycles. The van der Waals surface area contributed by atoms with Gasteiger partial charge in [-0.3, -0.25) is 14.5 Å². The van der Waals surface area contributed by atoms with Gasteiger partial charge in [-0.15, -0.1) is 0 Å². The first-order chi connectivity index (χ1) is 8.09. The molecule has 0 aliphatic carbocycles. The molecule has 7 nitrogen and oxygen atoms in total. The van der Waals surface area contributed by atoms with Crippen molar-refractivity contribution in [1.82, 2.24) is 14.9 Å². The molecule has 0 bridgehead atoms. The van der Waals surface area contributed by atoms with Gasteiger partial charge in [-0.1, -0.05) is 0 Å². The molecule has 0 aromatic carbocycles. The molecule has 1 aliphatic heterocycles. The number of imide groups is 1. The molecule has 0 spiro atoms. The van der Waals surface area contributed by atoms with Crippen molar-refractivity contribution >= 4 is 17.8 Å². The number of amides is 2. The molecular formula is C10H10N3NaO4. The molecule has 1 saturated heterocycles. The van der Waals surface area contributed by atoms with E-state index in [1.165, 1.54) is 12.5 Å². The van der Waals surface area contributed by atoms with Crippen LogP contribution >= 0.6 is 0 Å². The summed E-state index contributed by atoms with van der Waals surface area (Å²) in [6.07, 6.45) is 2.99. The number of carbonyl (C=O) groups excluding carboxylic acids is 3. The zero-order chi connectivity index (χ0) is 12.4. The van der Waals surface area contributed by atoms with E-state index in [-0.39, 0.29) is 48.8 Å². The molecule has 0 unspecified atom stereocenters. The maximum absolute atomic E-state index is 11.4. The van der Waals surface area contributed by atoms with Gasteiger partial charge in [0.15, 0.2) is 0 Å². The Hall–Kier alpha value is -1.18. The van der Waals surface area contributed by atoms with Crippen LogP contribution in [0.25, 0.3) is 0 Å². The molecular weight excluding hydrogens is 249 g/mol. The Morgan fingerprint density at radius 3 is 2.50 bits per heavy atom. The molecule has 0 radical (unpaired) electrons. The number of aromatic amines is 1. The van der Waals surface area contributed by atoms with Gasteiger partial charge in [-0.25, -0.2) is 4.98 Å². The van der Waals surface area contributed by atoms with Gasteiger partial charge in [0.2, 0.25) is 11.8 Å². The van der Waals surface area contributed by atoms with E-state index in [9.17, 15) is 19.5 Å². The van der Waals surface area contributed by atoms with E-state index in [1.807, 2.05) is 0 Å². The molecule has 8 heteroatoms. The van der Waals surface area contributed by atoms with Gasteiger partial charge in [0.05, 0.1) is 24.0 Å². The van der Waals surface area contributed by atoms with Gasteiger partial charge >= 0.3 is 29.6 Å². The van der Waals surface area contributed by atoms with Crippen LogP contribution in [0, 0.1) is 0 Å². The summed E-state index contributed by atoms with van der Waals surface area (Å²) in [5.74, 6) is -2.39. The monoisotopic (exact) mass is 259 g/mol. The second-order valence-electron chi connectivity index (χ2n) is 3.76. The van der Waals surface area contributed by atoms with Crippen LogP contribution < -0.4 is 34.7 Å². The van der Waals surface area contributed by atoms with Gasteiger partial charge in [-0.05, 0) is 0 Å². The molecule has 2 amide bonds. The number of nitrogens with zero attached hydrogens (tertiary/aromatic N) is 2. The third kappa shape index (κ3) is 2.98. The molecule has 1 aliphatic rings. The summed E-state index contributed by atoms with van der Waals surface area (Å²) in [5, 5.41) is 11.0. The Morgan fingerprint density at radius 2 is 2.06 bits per heavy atom. The van der Waals surface area contributed by atoms with Gasteiger partial charge in [-0.2, -0.15) is 0 Å². The van der Waals surface area contributed by atoms with E-state index in [0.717, 1.165) is 4.90 Å². The van der Waals surface area contributed by atoms with Gasteiger partial charge in [0.1, 0.15) is 0 Å². The quantitative estimate of drug-likeness (QED) is 0.431. The van der Waals surface area contributed by atoms with E-state index in [0.29, 0.717) is 5.69 Å². The fourth-order valence-electron chi connectivity index (χ4n) is 1.82. The molecule has 90 valence electrons. The molecule has 1 N–H and O–H groups in total. The Bertz CT molecular complexity index is 444. The summed E-state index contributed by atoms with van der Waals surface area (Å²) < 4.78 is 0. The normalized spacial score (nSPS) is 16.6. The molecule has 1 atom stereocenters. The summed E-state index contributed by atoms with van der Waals surface area (Å²) in [6, 6.07) is -1.28. The fraction of sp³-hybridized carbons (Fsp3) is 0.400. The number of hydrogen-bond donors (Lipinski definition) is 1. The van der Waals surface area contributed by atoms with Crippen LogP contribution in [-0.4, -0.2) is 38.7 Å². The van der Waals surface area contributed by atoms with Crippen LogP contribution in [0.1, 0.15) is 18.5 Å². The smallest absolute Gasteiger partial charge is 0.548 e. The Morgan fingerprint density at radius 1 is 1.44 bits per heavy atom. The SMILES string of the molecule is O=C([O-])[C@H](Cc1c[nH]cn1)N1C(=O)CCC1=O.[Na+]. The number of carboxylic acids is 1. The number of carboxylic acid groups (broad SMARTS) is 1. The van der Waals surface area contributed by atoms with Crippen LogP contribution in [-0.2, 0) is 20.8 Å². The predicted molar refractivity (Wildman–Crippen MR) is 52.2 cm³/mol. The van der Waals surface area contributed by atoms with Gasteiger partial charge in [0.25, 0.3) is 0 Å². The van der Waals surface area contributed by atoms with Gasteiger partial charge < -0.3 is 14.9 Å². The van der Waals surface area contributed by atoms with Crippen molar-refractivity contribution in [3.63, 3.8) is 0 Å². The maximum Gasteiger partial charge on any atom is 1.00 e. The topological polar surface area (TPSA) is 106 Å². The number of hydrogen-bond acceptors (Lipinski definition) is 5. The maximum atomic E-state index is 11.4. The first kappa shape index (κ1) is 14.9. The van der Waals surface area contributed by atoms with Crippen molar-refractivity contribution in [3.8, 4) is 0 Å². The van der Waals surface area contributed by atoms with E-state index in [1.54, 1.807) is 0 Å². The van der Waals surface area contributed by atoms with Crippen molar-refractivity contribution in [1.29, 1.82) is 0 Å². The van der Waals surface area contributed by atoms with Crippen molar-refractivity contribution in [2.24, 2.45) is 0 Å². The number of likely N-dealkylation sites (tertiary alicyclic amines) is 1. The van der Waals surface area contributed by atoms with E-state index >= 15 is 0 Å².